The molecule has 0 heterocycles. The van der Waals surface area contributed by atoms with E-state index in [-0.39, 0.29) is 0 Å². The zero-order valence-corrected chi connectivity index (χ0v) is 10.1. The Balaban J connectivity index is 2.45. The van der Waals surface area contributed by atoms with Gasteiger partial charge in [0, 0.05) is 0 Å². The van der Waals surface area contributed by atoms with Crippen molar-refractivity contribution in [3.8, 4) is 5.75 Å². The molecule has 0 saturated carbocycles. The van der Waals surface area contributed by atoms with Gasteiger partial charge < -0.3 is 4.74 Å². The first-order chi connectivity index (χ1) is 7.77. The minimum atomic E-state index is 0.621. The van der Waals surface area contributed by atoms with E-state index in [0.717, 1.165) is 17.7 Å². The lowest BCUT2D eigenvalue weighted by Crippen LogP contribution is -1.97. The summed E-state index contributed by atoms with van der Waals surface area (Å²) in [6, 6.07) is 5.74. The molecule has 16 heavy (non-hydrogen) atoms. The van der Waals surface area contributed by atoms with E-state index in [1.165, 1.54) is 19.3 Å². The lowest BCUT2D eigenvalue weighted by Gasteiger charge is -2.08. The van der Waals surface area contributed by atoms with Crippen LogP contribution in [0.2, 0.25) is 0 Å². The van der Waals surface area contributed by atoms with Crippen LogP contribution in [0, 0.1) is 13.5 Å². The van der Waals surface area contributed by atoms with E-state index in [4.69, 9.17) is 11.3 Å². The molecule has 0 aliphatic rings. The minimum Gasteiger partial charge on any atom is -0.505 e. The summed E-state index contributed by atoms with van der Waals surface area (Å²) in [5.41, 5.74) is 1.72. The van der Waals surface area contributed by atoms with E-state index in [1.807, 2.05) is 25.1 Å². The smallest absolute Gasteiger partial charge is 0.228 e. The molecule has 2 nitrogen and oxygen atoms in total. The van der Waals surface area contributed by atoms with Gasteiger partial charge in [-0.05, 0) is 25.5 Å². The number of benzene rings is 1. The van der Waals surface area contributed by atoms with Gasteiger partial charge >= 0.3 is 0 Å². The first kappa shape index (κ1) is 12.6. The van der Waals surface area contributed by atoms with Gasteiger partial charge in [0.05, 0.1) is 13.2 Å². The van der Waals surface area contributed by atoms with Crippen LogP contribution >= 0.6 is 0 Å². The highest BCUT2D eigenvalue weighted by Gasteiger charge is 2.03. The Kier molecular flexibility index (Phi) is 5.42. The molecule has 2 heteroatoms. The Bertz CT molecular complexity index is 365. The third-order valence-electron chi connectivity index (χ3n) is 2.49. The van der Waals surface area contributed by atoms with Crippen molar-refractivity contribution in [3.63, 3.8) is 0 Å². The van der Waals surface area contributed by atoms with E-state index in [2.05, 4.69) is 11.8 Å². The molecule has 0 atom stereocenters. The van der Waals surface area contributed by atoms with Crippen molar-refractivity contribution in [2.45, 2.75) is 39.5 Å². The molecule has 0 amide bonds. The van der Waals surface area contributed by atoms with Crippen LogP contribution in [0.25, 0.3) is 4.85 Å². The summed E-state index contributed by atoms with van der Waals surface area (Å²) in [5, 5.41) is 0. The Morgan fingerprint density at radius 1 is 1.25 bits per heavy atom. The molecular weight excluding hydrogens is 198 g/mol. The maximum absolute atomic E-state index is 7.07. The molecule has 0 aliphatic heterocycles. The number of hydrogen-bond acceptors (Lipinski definition) is 1. The summed E-state index contributed by atoms with van der Waals surface area (Å²) in [5.74, 6) is 0.720. The molecule has 1 aromatic rings. The predicted octanol–water partition coefficient (Wildman–Crippen LogP) is 4.50. The SMILES string of the molecule is [C-]#[N+]c1cc(C)ccc1OCCCCCC. The highest BCUT2D eigenvalue weighted by atomic mass is 16.5. The second-order valence-corrected chi connectivity index (χ2v) is 3.99. The normalized spacial score (nSPS) is 9.81. The van der Waals surface area contributed by atoms with Crippen molar-refractivity contribution in [2.24, 2.45) is 0 Å². The van der Waals surface area contributed by atoms with Gasteiger partial charge in [-0.2, -0.15) is 0 Å². The molecule has 0 unspecified atom stereocenters. The molecule has 0 saturated heterocycles. The van der Waals surface area contributed by atoms with Crippen LogP contribution in [-0.2, 0) is 0 Å². The van der Waals surface area contributed by atoms with E-state index in [1.54, 1.807) is 0 Å². The Labute approximate surface area is 98.1 Å². The van der Waals surface area contributed by atoms with E-state index >= 15 is 0 Å². The number of ether oxygens (including phenoxy) is 1. The van der Waals surface area contributed by atoms with Crippen LogP contribution < -0.4 is 4.74 Å². The van der Waals surface area contributed by atoms with Crippen LogP contribution in [0.3, 0.4) is 0 Å². The predicted molar refractivity (Wildman–Crippen MR) is 67.1 cm³/mol. The topological polar surface area (TPSA) is 13.6 Å². The molecule has 0 bridgehead atoms. The second-order valence-electron chi connectivity index (χ2n) is 3.99. The highest BCUT2D eigenvalue weighted by Crippen LogP contribution is 2.28. The van der Waals surface area contributed by atoms with Gasteiger partial charge in [-0.3, -0.25) is 0 Å². The van der Waals surface area contributed by atoms with Gasteiger partial charge in [0.2, 0.25) is 5.69 Å². The van der Waals surface area contributed by atoms with Crippen molar-refractivity contribution in [1.82, 2.24) is 0 Å². The molecule has 0 spiro atoms. The van der Waals surface area contributed by atoms with Gasteiger partial charge in [0.1, 0.15) is 5.75 Å². The largest absolute Gasteiger partial charge is 0.505 e. The molecule has 0 fully saturated rings. The summed E-state index contributed by atoms with van der Waals surface area (Å²) in [4.78, 5) is 3.47. The Morgan fingerprint density at radius 3 is 2.75 bits per heavy atom. The van der Waals surface area contributed by atoms with Crippen LogP contribution in [0.15, 0.2) is 18.2 Å². The van der Waals surface area contributed by atoms with Gasteiger partial charge in [-0.25, -0.2) is 4.85 Å². The third kappa shape index (κ3) is 3.94. The van der Waals surface area contributed by atoms with Crippen LogP contribution in [0.4, 0.5) is 5.69 Å². The molecule has 1 aromatic carbocycles. The summed E-state index contributed by atoms with van der Waals surface area (Å²) >= 11 is 0. The first-order valence-electron chi connectivity index (χ1n) is 5.89. The standard InChI is InChI=1S/C14H19NO/c1-4-5-6-7-10-16-14-9-8-12(2)11-13(14)15-3/h8-9,11H,4-7,10H2,1-2H3. The van der Waals surface area contributed by atoms with Crippen molar-refractivity contribution < 1.29 is 4.74 Å². The monoisotopic (exact) mass is 217 g/mol. The van der Waals surface area contributed by atoms with E-state index in [9.17, 15) is 0 Å². The van der Waals surface area contributed by atoms with Crippen molar-refractivity contribution in [3.05, 3.63) is 35.2 Å². The van der Waals surface area contributed by atoms with Gasteiger partial charge in [-0.1, -0.05) is 37.8 Å². The number of nitrogens with zero attached hydrogens (tertiary/aromatic N) is 1. The van der Waals surface area contributed by atoms with Crippen molar-refractivity contribution in [2.75, 3.05) is 6.61 Å². The summed E-state index contributed by atoms with van der Waals surface area (Å²) < 4.78 is 5.62. The minimum absolute atomic E-state index is 0.621. The van der Waals surface area contributed by atoms with Crippen LogP contribution in [0.5, 0.6) is 5.75 Å². The van der Waals surface area contributed by atoms with Crippen LogP contribution in [-0.4, -0.2) is 6.61 Å². The summed E-state index contributed by atoms with van der Waals surface area (Å²) in [7, 11) is 0. The molecule has 0 aromatic heterocycles. The Hall–Kier alpha value is -1.49. The molecule has 1 rings (SSSR count). The fourth-order valence-electron chi connectivity index (χ4n) is 1.55. The molecule has 0 aliphatic carbocycles. The van der Waals surface area contributed by atoms with E-state index in [0.29, 0.717) is 12.3 Å². The average molecular weight is 217 g/mol. The summed E-state index contributed by atoms with van der Waals surface area (Å²) in [6.45, 7) is 12.0. The average Bonchev–Trinajstić information content (AvgIpc) is 2.30. The molecular formula is C14H19NO. The first-order valence-corrected chi connectivity index (χ1v) is 5.89. The van der Waals surface area contributed by atoms with Crippen molar-refractivity contribution in [1.29, 1.82) is 0 Å². The van der Waals surface area contributed by atoms with Gasteiger partial charge in [0.25, 0.3) is 0 Å². The fourth-order valence-corrected chi connectivity index (χ4v) is 1.55. The van der Waals surface area contributed by atoms with Crippen molar-refractivity contribution >= 4 is 5.69 Å². The zero-order chi connectivity index (χ0) is 11.8. The maximum Gasteiger partial charge on any atom is 0.228 e. The lowest BCUT2D eigenvalue weighted by molar-refractivity contribution is 0.307. The maximum atomic E-state index is 7.07. The molecule has 0 radical (unpaired) electrons. The van der Waals surface area contributed by atoms with Gasteiger partial charge in [-0.15, -0.1) is 0 Å². The van der Waals surface area contributed by atoms with E-state index < -0.39 is 0 Å². The lowest BCUT2D eigenvalue weighted by atomic mass is 10.2. The second kappa shape index (κ2) is 6.90. The quantitative estimate of drug-likeness (QED) is 0.505. The zero-order valence-electron chi connectivity index (χ0n) is 10.1. The Morgan fingerprint density at radius 2 is 2.06 bits per heavy atom. The number of unbranched alkanes of at least 4 members (excludes halogenated alkanes) is 3. The fraction of sp³-hybridized carbons (Fsp3) is 0.500. The third-order valence-corrected chi connectivity index (χ3v) is 2.49. The molecule has 0 N–H and O–H groups in total. The summed E-state index contributed by atoms with van der Waals surface area (Å²) in [6.07, 6.45) is 4.76. The van der Waals surface area contributed by atoms with Crippen LogP contribution in [0.1, 0.15) is 38.2 Å². The highest BCUT2D eigenvalue weighted by molar-refractivity contribution is 5.58. The number of aryl methyl sites for hydroxylation is 1. The van der Waals surface area contributed by atoms with Gasteiger partial charge in [0.15, 0.2) is 0 Å². The number of hydrogen-bond donors (Lipinski definition) is 0. The molecule has 86 valence electrons. The number of rotatable bonds is 6.